The van der Waals surface area contributed by atoms with E-state index >= 15 is 0 Å². The van der Waals surface area contributed by atoms with E-state index in [1.165, 1.54) is 32.2 Å². The van der Waals surface area contributed by atoms with Crippen LogP contribution >= 0.6 is 0 Å². The minimum absolute atomic E-state index is 0.103. The smallest absolute Gasteiger partial charge is 0.418 e. The Balaban J connectivity index is 1.96. The second-order valence-corrected chi connectivity index (χ2v) is 6.34. The zero-order valence-electron chi connectivity index (χ0n) is 15.6. The Kier molecular flexibility index (Phi) is 5.49. The number of urea groups is 1. The largest absolute Gasteiger partial charge is 0.497 e. The molecule has 0 radical (unpaired) electrons. The average Bonchev–Trinajstić information content (AvgIpc) is 2.67. The fourth-order valence-corrected chi connectivity index (χ4v) is 3.07. The van der Waals surface area contributed by atoms with E-state index in [4.69, 9.17) is 4.74 Å². The monoisotopic (exact) mass is 405 g/mol. The Morgan fingerprint density at radius 3 is 2.38 bits per heavy atom. The molecule has 3 amide bonds. The van der Waals surface area contributed by atoms with Crippen LogP contribution < -0.4 is 20.7 Å². The van der Waals surface area contributed by atoms with Crippen molar-refractivity contribution in [3.63, 3.8) is 0 Å². The summed E-state index contributed by atoms with van der Waals surface area (Å²) < 4.78 is 44.8. The van der Waals surface area contributed by atoms with Crippen molar-refractivity contribution in [2.24, 2.45) is 0 Å². The molecule has 1 aliphatic rings. The van der Waals surface area contributed by atoms with Gasteiger partial charge in [-0.3, -0.25) is 4.79 Å². The van der Waals surface area contributed by atoms with Crippen LogP contribution in [0, 0.1) is 0 Å². The number of carbonyl (C=O) groups is 2. The lowest BCUT2D eigenvalue weighted by molar-refractivity contribution is -0.137. The summed E-state index contributed by atoms with van der Waals surface area (Å²) in [5.74, 6) is -0.174. The number of carbonyl (C=O) groups excluding carboxylic acids is 2. The van der Waals surface area contributed by atoms with Crippen LogP contribution in [0.25, 0.3) is 0 Å². The summed E-state index contributed by atoms with van der Waals surface area (Å²) in [4.78, 5) is 24.8. The normalized spacial score (nSPS) is 16.7. The van der Waals surface area contributed by atoms with Gasteiger partial charge in [-0.1, -0.05) is 24.3 Å². The molecule has 9 heteroatoms. The van der Waals surface area contributed by atoms with Crippen molar-refractivity contribution in [3.8, 4) is 5.75 Å². The Bertz CT molecular complexity index is 969. The summed E-state index contributed by atoms with van der Waals surface area (Å²) in [5, 5.41) is 7.44. The van der Waals surface area contributed by atoms with Crippen LogP contribution in [0.3, 0.4) is 0 Å². The van der Waals surface area contributed by atoms with E-state index in [2.05, 4.69) is 16.0 Å². The molecule has 1 aliphatic heterocycles. The van der Waals surface area contributed by atoms with Crippen LogP contribution in [0.5, 0.6) is 5.75 Å². The summed E-state index contributed by atoms with van der Waals surface area (Å²) in [6.07, 6.45) is -4.62. The maximum absolute atomic E-state index is 13.2. The van der Waals surface area contributed by atoms with Crippen molar-refractivity contribution < 1.29 is 27.5 Å². The molecule has 1 atom stereocenters. The first-order chi connectivity index (χ1) is 13.7. The molecule has 0 saturated carbocycles. The van der Waals surface area contributed by atoms with E-state index < -0.39 is 29.7 Å². The number of hydrogen-bond acceptors (Lipinski definition) is 3. The number of halogens is 3. The number of ether oxygens (including phenoxy) is 1. The van der Waals surface area contributed by atoms with Gasteiger partial charge in [0.2, 0.25) is 0 Å². The van der Waals surface area contributed by atoms with E-state index in [0.29, 0.717) is 11.3 Å². The van der Waals surface area contributed by atoms with Crippen molar-refractivity contribution in [1.29, 1.82) is 0 Å². The lowest BCUT2D eigenvalue weighted by Gasteiger charge is -2.29. The van der Waals surface area contributed by atoms with E-state index in [0.717, 1.165) is 6.07 Å². The molecule has 6 nitrogen and oxygen atoms in total. The molecular formula is C20H18F3N3O3. The van der Waals surface area contributed by atoms with Gasteiger partial charge in [0.15, 0.2) is 0 Å². The van der Waals surface area contributed by atoms with Crippen molar-refractivity contribution >= 4 is 17.6 Å². The van der Waals surface area contributed by atoms with E-state index in [1.807, 2.05) is 0 Å². The highest BCUT2D eigenvalue weighted by Gasteiger charge is 2.35. The lowest BCUT2D eigenvalue weighted by Crippen LogP contribution is -2.46. The quantitative estimate of drug-likeness (QED) is 0.720. The van der Waals surface area contributed by atoms with Gasteiger partial charge in [-0.05, 0) is 36.8 Å². The zero-order chi connectivity index (χ0) is 21.2. The molecule has 1 heterocycles. The number of rotatable bonds is 4. The molecule has 3 N–H and O–H groups in total. The van der Waals surface area contributed by atoms with Crippen molar-refractivity contribution in [3.05, 3.63) is 70.9 Å². The van der Waals surface area contributed by atoms with Gasteiger partial charge in [0, 0.05) is 5.70 Å². The Morgan fingerprint density at radius 2 is 1.76 bits per heavy atom. The maximum Gasteiger partial charge on any atom is 0.418 e. The van der Waals surface area contributed by atoms with Crippen LogP contribution in [-0.4, -0.2) is 19.0 Å². The van der Waals surface area contributed by atoms with Gasteiger partial charge in [0.05, 0.1) is 30.0 Å². The summed E-state index contributed by atoms with van der Waals surface area (Å²) >= 11 is 0. The first-order valence-corrected chi connectivity index (χ1v) is 8.60. The van der Waals surface area contributed by atoms with Crippen LogP contribution in [0.2, 0.25) is 0 Å². The standard InChI is InChI=1S/C20H18F3N3O3/c1-11-16(18(27)25-15-6-4-3-5-14(15)20(21,22)23)17(26-19(28)24-11)12-7-9-13(29-2)10-8-12/h3-10,17H,1-2H3,(H,25,27)(H2,24,26,28). The van der Waals surface area contributed by atoms with Gasteiger partial charge in [0.1, 0.15) is 5.75 Å². The molecule has 0 spiro atoms. The minimum Gasteiger partial charge on any atom is -0.497 e. The number of methoxy groups -OCH3 is 1. The second kappa shape index (κ2) is 7.86. The van der Waals surface area contributed by atoms with Crippen LogP contribution in [0.4, 0.5) is 23.7 Å². The van der Waals surface area contributed by atoms with Gasteiger partial charge in [-0.2, -0.15) is 13.2 Å². The van der Waals surface area contributed by atoms with Crippen LogP contribution in [0.1, 0.15) is 24.1 Å². The first-order valence-electron chi connectivity index (χ1n) is 8.60. The molecule has 0 aliphatic carbocycles. The van der Waals surface area contributed by atoms with Crippen molar-refractivity contribution in [2.45, 2.75) is 19.1 Å². The molecule has 0 saturated heterocycles. The lowest BCUT2D eigenvalue weighted by atomic mass is 9.94. The number of amides is 3. The van der Waals surface area contributed by atoms with Gasteiger partial charge in [-0.15, -0.1) is 0 Å². The molecule has 29 heavy (non-hydrogen) atoms. The molecular weight excluding hydrogens is 387 g/mol. The number of nitrogens with one attached hydrogen (secondary N) is 3. The molecule has 1 unspecified atom stereocenters. The summed E-state index contributed by atoms with van der Waals surface area (Å²) in [5.41, 5.74) is -0.395. The SMILES string of the molecule is COc1ccc(C2NC(=O)NC(C)=C2C(=O)Nc2ccccc2C(F)(F)F)cc1. The number of anilines is 1. The van der Waals surface area contributed by atoms with E-state index in [9.17, 15) is 22.8 Å². The van der Waals surface area contributed by atoms with Gasteiger partial charge >= 0.3 is 12.2 Å². The molecule has 2 aromatic carbocycles. The number of alkyl halides is 3. The third-order valence-corrected chi connectivity index (χ3v) is 4.44. The topological polar surface area (TPSA) is 79.5 Å². The first kappa shape index (κ1) is 20.2. The third kappa shape index (κ3) is 4.34. The third-order valence-electron chi connectivity index (χ3n) is 4.44. The molecule has 0 fully saturated rings. The zero-order valence-corrected chi connectivity index (χ0v) is 15.6. The highest BCUT2D eigenvalue weighted by molar-refractivity contribution is 6.07. The predicted molar refractivity (Wildman–Crippen MR) is 100 cm³/mol. The Morgan fingerprint density at radius 1 is 1.10 bits per heavy atom. The van der Waals surface area contributed by atoms with Gasteiger partial charge < -0.3 is 20.7 Å². The number of hydrogen-bond donors (Lipinski definition) is 3. The predicted octanol–water partition coefficient (Wildman–Crippen LogP) is 3.98. The summed E-state index contributed by atoms with van der Waals surface area (Å²) in [7, 11) is 1.50. The number of benzene rings is 2. The summed E-state index contributed by atoms with van der Waals surface area (Å²) in [6.45, 7) is 1.51. The highest BCUT2D eigenvalue weighted by Crippen LogP contribution is 2.35. The average molecular weight is 405 g/mol. The molecule has 0 aromatic heterocycles. The van der Waals surface area contributed by atoms with Crippen molar-refractivity contribution in [1.82, 2.24) is 10.6 Å². The second-order valence-electron chi connectivity index (χ2n) is 6.34. The van der Waals surface area contributed by atoms with Crippen LogP contribution in [-0.2, 0) is 11.0 Å². The van der Waals surface area contributed by atoms with Gasteiger partial charge in [-0.25, -0.2) is 4.79 Å². The van der Waals surface area contributed by atoms with E-state index in [1.54, 1.807) is 24.3 Å². The minimum atomic E-state index is -4.62. The van der Waals surface area contributed by atoms with Crippen molar-refractivity contribution in [2.75, 3.05) is 12.4 Å². The molecule has 0 bridgehead atoms. The molecule has 2 aromatic rings. The highest BCUT2D eigenvalue weighted by atomic mass is 19.4. The summed E-state index contributed by atoms with van der Waals surface area (Å²) in [6, 6.07) is 9.99. The van der Waals surface area contributed by atoms with Gasteiger partial charge in [0.25, 0.3) is 5.91 Å². The maximum atomic E-state index is 13.2. The van der Waals surface area contributed by atoms with Crippen LogP contribution in [0.15, 0.2) is 59.8 Å². The fourth-order valence-electron chi connectivity index (χ4n) is 3.07. The number of para-hydroxylation sites is 1. The Labute approximate surface area is 164 Å². The number of allylic oxidation sites excluding steroid dienone is 1. The molecule has 3 rings (SSSR count). The Hall–Kier alpha value is -3.49. The fraction of sp³-hybridized carbons (Fsp3) is 0.200. The molecule has 152 valence electrons. The van der Waals surface area contributed by atoms with E-state index in [-0.39, 0.29) is 17.0 Å².